The van der Waals surface area contributed by atoms with Gasteiger partial charge in [0.05, 0.1) is 0 Å². The van der Waals surface area contributed by atoms with Crippen LogP contribution >= 0.6 is 9.24 Å². The molecule has 0 aromatic heterocycles. The molecule has 0 radical (unpaired) electrons. The zero-order chi connectivity index (χ0) is 9.30. The highest BCUT2D eigenvalue weighted by molar-refractivity contribution is 7.17. The Balaban J connectivity index is 2.60. The van der Waals surface area contributed by atoms with Crippen LogP contribution in [0.4, 0.5) is 0 Å². The Labute approximate surface area is 78.1 Å². The summed E-state index contributed by atoms with van der Waals surface area (Å²) in [4.78, 5) is 2.49. The minimum Gasteiger partial charge on any atom is -0.327 e. The predicted octanol–water partition coefficient (Wildman–Crippen LogP) is 1.06. The summed E-state index contributed by atoms with van der Waals surface area (Å²) in [6.07, 6.45) is 1.15. The summed E-state index contributed by atoms with van der Waals surface area (Å²) in [5, 5.41) is 0. The van der Waals surface area contributed by atoms with Gasteiger partial charge in [-0.25, -0.2) is 0 Å². The number of hydrogen-bond acceptors (Lipinski definition) is 2. The Hall–Kier alpha value is 0.350. The Morgan fingerprint density at radius 2 is 2.08 bits per heavy atom. The Morgan fingerprint density at radius 1 is 1.50 bits per heavy atom. The highest BCUT2D eigenvalue weighted by atomic mass is 31.0. The molecular weight excluding hydrogens is 167 g/mol. The first-order chi connectivity index (χ1) is 5.52. The third-order valence-electron chi connectivity index (χ3n) is 2.83. The van der Waals surface area contributed by atoms with E-state index in [0.29, 0.717) is 23.8 Å². The standard InChI is InChI=1S/C9H21N2P/c1-6(2)11-5-8(10)4-9(12)7(11)3/h6-9H,4-5,10,12H2,1-3H3. The first-order valence-electron chi connectivity index (χ1n) is 4.79. The zero-order valence-electron chi connectivity index (χ0n) is 8.33. The van der Waals surface area contributed by atoms with Gasteiger partial charge >= 0.3 is 0 Å². The van der Waals surface area contributed by atoms with Crippen LogP contribution in [0.1, 0.15) is 27.2 Å². The van der Waals surface area contributed by atoms with E-state index in [9.17, 15) is 0 Å². The lowest BCUT2D eigenvalue weighted by Crippen LogP contribution is -2.55. The molecule has 1 saturated heterocycles. The topological polar surface area (TPSA) is 29.3 Å². The summed E-state index contributed by atoms with van der Waals surface area (Å²) < 4.78 is 0. The molecule has 0 saturated carbocycles. The maximum absolute atomic E-state index is 5.96. The van der Waals surface area contributed by atoms with Crippen LogP contribution in [0.2, 0.25) is 0 Å². The van der Waals surface area contributed by atoms with Crippen LogP contribution in [0, 0.1) is 0 Å². The largest absolute Gasteiger partial charge is 0.327 e. The summed E-state index contributed by atoms with van der Waals surface area (Å²) in [6.45, 7) is 7.84. The summed E-state index contributed by atoms with van der Waals surface area (Å²) in [5.74, 6) is 0. The molecule has 72 valence electrons. The zero-order valence-corrected chi connectivity index (χ0v) is 9.48. The molecule has 4 atom stereocenters. The quantitative estimate of drug-likeness (QED) is 0.623. The van der Waals surface area contributed by atoms with Crippen molar-refractivity contribution in [3.8, 4) is 0 Å². The van der Waals surface area contributed by atoms with Crippen molar-refractivity contribution in [1.82, 2.24) is 4.90 Å². The second kappa shape index (κ2) is 4.04. The number of rotatable bonds is 1. The SMILES string of the molecule is CC(C)N1CC(N)CC(P)C1C. The second-order valence-electron chi connectivity index (χ2n) is 4.19. The fraction of sp³-hybridized carbons (Fsp3) is 1.00. The molecule has 0 amide bonds. The lowest BCUT2D eigenvalue weighted by molar-refractivity contribution is 0.115. The molecule has 4 unspecified atom stereocenters. The summed E-state index contributed by atoms with van der Waals surface area (Å²) in [7, 11) is 2.92. The third kappa shape index (κ3) is 2.18. The average Bonchev–Trinajstić information content (AvgIpc) is 1.96. The lowest BCUT2D eigenvalue weighted by atomic mass is 9.98. The minimum atomic E-state index is 0.367. The predicted molar refractivity (Wildman–Crippen MR) is 57.4 cm³/mol. The number of hydrogen-bond donors (Lipinski definition) is 1. The van der Waals surface area contributed by atoms with Crippen molar-refractivity contribution in [2.75, 3.05) is 6.54 Å². The van der Waals surface area contributed by atoms with Gasteiger partial charge in [-0.05, 0) is 32.9 Å². The summed E-state index contributed by atoms with van der Waals surface area (Å²) in [5.41, 5.74) is 6.62. The molecule has 0 aliphatic carbocycles. The molecule has 1 rings (SSSR count). The van der Waals surface area contributed by atoms with E-state index >= 15 is 0 Å². The fourth-order valence-corrected chi connectivity index (χ4v) is 2.56. The molecular formula is C9H21N2P. The van der Waals surface area contributed by atoms with Crippen LogP contribution in [-0.2, 0) is 0 Å². The van der Waals surface area contributed by atoms with E-state index < -0.39 is 0 Å². The van der Waals surface area contributed by atoms with E-state index in [4.69, 9.17) is 5.73 Å². The molecule has 1 heterocycles. The van der Waals surface area contributed by atoms with Crippen molar-refractivity contribution in [2.24, 2.45) is 5.73 Å². The van der Waals surface area contributed by atoms with Gasteiger partial charge in [0.15, 0.2) is 0 Å². The normalized spacial score (nSPS) is 39.0. The monoisotopic (exact) mass is 188 g/mol. The number of nitrogens with zero attached hydrogens (tertiary/aromatic N) is 1. The molecule has 0 bridgehead atoms. The fourth-order valence-electron chi connectivity index (χ4n) is 1.99. The third-order valence-corrected chi connectivity index (χ3v) is 3.66. The summed E-state index contributed by atoms with van der Waals surface area (Å²) >= 11 is 0. The van der Waals surface area contributed by atoms with Gasteiger partial charge in [-0.1, -0.05) is 0 Å². The number of piperidine rings is 1. The van der Waals surface area contributed by atoms with Gasteiger partial charge < -0.3 is 5.73 Å². The Kier molecular flexibility index (Phi) is 3.51. The Morgan fingerprint density at radius 3 is 2.58 bits per heavy atom. The van der Waals surface area contributed by atoms with E-state index in [1.165, 1.54) is 0 Å². The molecule has 1 aliphatic rings. The first-order valence-corrected chi connectivity index (χ1v) is 5.46. The van der Waals surface area contributed by atoms with Crippen LogP contribution < -0.4 is 5.73 Å². The van der Waals surface area contributed by atoms with Gasteiger partial charge in [-0.3, -0.25) is 4.90 Å². The van der Waals surface area contributed by atoms with E-state index in [0.717, 1.165) is 13.0 Å². The van der Waals surface area contributed by atoms with Crippen molar-refractivity contribution >= 4 is 9.24 Å². The molecule has 1 fully saturated rings. The van der Waals surface area contributed by atoms with Crippen molar-refractivity contribution in [1.29, 1.82) is 0 Å². The van der Waals surface area contributed by atoms with E-state index in [1.807, 2.05) is 0 Å². The molecule has 0 aromatic carbocycles. The van der Waals surface area contributed by atoms with E-state index in [1.54, 1.807) is 0 Å². The van der Waals surface area contributed by atoms with Gasteiger partial charge in [0, 0.05) is 24.7 Å². The van der Waals surface area contributed by atoms with Gasteiger partial charge in [0.2, 0.25) is 0 Å². The van der Waals surface area contributed by atoms with Gasteiger partial charge in [-0.15, -0.1) is 9.24 Å². The highest BCUT2D eigenvalue weighted by Crippen LogP contribution is 2.24. The van der Waals surface area contributed by atoms with Crippen molar-refractivity contribution in [2.45, 2.75) is 51.0 Å². The maximum atomic E-state index is 5.96. The van der Waals surface area contributed by atoms with E-state index in [2.05, 4.69) is 34.9 Å². The van der Waals surface area contributed by atoms with Crippen LogP contribution in [0.5, 0.6) is 0 Å². The molecule has 2 nitrogen and oxygen atoms in total. The molecule has 1 aliphatic heterocycles. The van der Waals surface area contributed by atoms with Gasteiger partial charge in [0.25, 0.3) is 0 Å². The smallest absolute Gasteiger partial charge is 0.0174 e. The average molecular weight is 188 g/mol. The van der Waals surface area contributed by atoms with Gasteiger partial charge in [0.1, 0.15) is 0 Å². The molecule has 0 aromatic rings. The molecule has 3 heteroatoms. The minimum absolute atomic E-state index is 0.367. The van der Waals surface area contributed by atoms with Crippen LogP contribution in [-0.4, -0.2) is 35.2 Å². The maximum Gasteiger partial charge on any atom is 0.0174 e. The molecule has 0 spiro atoms. The van der Waals surface area contributed by atoms with E-state index in [-0.39, 0.29) is 0 Å². The van der Waals surface area contributed by atoms with Crippen molar-refractivity contribution < 1.29 is 0 Å². The number of nitrogens with two attached hydrogens (primary N) is 1. The van der Waals surface area contributed by atoms with Crippen LogP contribution in [0.25, 0.3) is 0 Å². The lowest BCUT2D eigenvalue weighted by Gasteiger charge is -2.43. The summed E-state index contributed by atoms with van der Waals surface area (Å²) in [6, 6.07) is 1.65. The van der Waals surface area contributed by atoms with Crippen LogP contribution in [0.3, 0.4) is 0 Å². The Bertz CT molecular complexity index is 149. The second-order valence-corrected chi connectivity index (χ2v) is 5.05. The first kappa shape index (κ1) is 10.4. The van der Waals surface area contributed by atoms with Crippen LogP contribution in [0.15, 0.2) is 0 Å². The van der Waals surface area contributed by atoms with Crippen molar-refractivity contribution in [3.63, 3.8) is 0 Å². The molecule has 12 heavy (non-hydrogen) atoms. The molecule has 2 N–H and O–H groups in total. The highest BCUT2D eigenvalue weighted by Gasteiger charge is 2.30. The van der Waals surface area contributed by atoms with Gasteiger partial charge in [-0.2, -0.15) is 0 Å². The van der Waals surface area contributed by atoms with Crippen molar-refractivity contribution in [3.05, 3.63) is 0 Å². The number of likely N-dealkylation sites (tertiary alicyclic amines) is 1.